The summed E-state index contributed by atoms with van der Waals surface area (Å²) < 4.78 is 24.9. The van der Waals surface area contributed by atoms with Crippen LogP contribution >= 0.6 is 0 Å². The summed E-state index contributed by atoms with van der Waals surface area (Å²) in [5, 5.41) is 13.2. The molecule has 1 aromatic carbocycles. The molecular formula is C24H25N7O4S. The van der Waals surface area contributed by atoms with Crippen LogP contribution in [-0.2, 0) is 14.8 Å². The number of allylic oxidation sites excluding steroid dienone is 2. The molecule has 0 bridgehead atoms. The molecule has 1 saturated carbocycles. The lowest BCUT2D eigenvalue weighted by atomic mass is 10.0. The van der Waals surface area contributed by atoms with E-state index < -0.39 is 15.9 Å². The van der Waals surface area contributed by atoms with Gasteiger partial charge in [0.1, 0.15) is 5.82 Å². The van der Waals surface area contributed by atoms with Crippen molar-refractivity contribution >= 4 is 56.5 Å². The average Bonchev–Trinajstić information content (AvgIpc) is 3.58. The number of aliphatic imine (C=N–C) groups is 1. The number of aromatic amines is 1. The second-order valence-electron chi connectivity index (χ2n) is 8.45. The standard InChI is InChI=1S/C24H25N7O4S/c1-14(10-18(12-25-2)28-23(32)15-4-5-15)16-6-8-20-19(11-16)22(30-29-20)24(33)27-17-7-9-21(26-13-17)31-36(3,34)35/h6-13,15H,2,4-5H2,1,3H3,(H,26,31)(H,27,33)(H,28,32)(H,29,30)/b14-10+,18-12+. The number of hydrogen-bond donors (Lipinski definition) is 4. The van der Waals surface area contributed by atoms with Crippen molar-refractivity contribution in [1.29, 1.82) is 0 Å². The van der Waals surface area contributed by atoms with Crippen LogP contribution in [0.15, 0.2) is 59.5 Å². The molecule has 0 saturated heterocycles. The van der Waals surface area contributed by atoms with Crippen molar-refractivity contribution in [2.75, 3.05) is 16.3 Å². The Bertz CT molecular complexity index is 1500. The van der Waals surface area contributed by atoms with E-state index in [1.54, 1.807) is 6.08 Å². The predicted octanol–water partition coefficient (Wildman–Crippen LogP) is 3.05. The van der Waals surface area contributed by atoms with E-state index in [2.05, 4.69) is 42.2 Å². The molecule has 186 valence electrons. The Kier molecular flexibility index (Phi) is 6.97. The lowest BCUT2D eigenvalue weighted by Crippen LogP contribution is -2.23. The summed E-state index contributed by atoms with van der Waals surface area (Å²) in [4.78, 5) is 32.8. The Labute approximate surface area is 207 Å². The molecule has 36 heavy (non-hydrogen) atoms. The minimum Gasteiger partial charge on any atom is -0.324 e. The van der Waals surface area contributed by atoms with Crippen molar-refractivity contribution in [2.24, 2.45) is 10.9 Å². The molecule has 0 radical (unpaired) electrons. The van der Waals surface area contributed by atoms with Gasteiger partial charge < -0.3 is 10.6 Å². The molecule has 3 aromatic rings. The first-order valence-corrected chi connectivity index (χ1v) is 12.9. The Morgan fingerprint density at radius 1 is 1.22 bits per heavy atom. The first-order valence-electron chi connectivity index (χ1n) is 11.0. The Morgan fingerprint density at radius 3 is 2.64 bits per heavy atom. The second-order valence-corrected chi connectivity index (χ2v) is 10.2. The van der Waals surface area contributed by atoms with E-state index in [-0.39, 0.29) is 23.3 Å². The normalized spacial score (nSPS) is 14.4. The van der Waals surface area contributed by atoms with Gasteiger partial charge in [-0.2, -0.15) is 5.10 Å². The van der Waals surface area contributed by atoms with Crippen molar-refractivity contribution in [1.82, 2.24) is 20.5 Å². The van der Waals surface area contributed by atoms with Crippen LogP contribution in [0.25, 0.3) is 16.5 Å². The first-order chi connectivity index (χ1) is 17.1. The summed E-state index contributed by atoms with van der Waals surface area (Å²) in [6, 6.07) is 8.50. The van der Waals surface area contributed by atoms with Crippen LogP contribution in [0, 0.1) is 5.92 Å². The van der Waals surface area contributed by atoms with E-state index >= 15 is 0 Å². The minimum absolute atomic E-state index is 0.0344. The van der Waals surface area contributed by atoms with Crippen molar-refractivity contribution in [3.63, 3.8) is 0 Å². The highest BCUT2D eigenvalue weighted by Crippen LogP contribution is 2.29. The summed E-state index contributed by atoms with van der Waals surface area (Å²) in [7, 11) is -3.45. The summed E-state index contributed by atoms with van der Waals surface area (Å²) in [6.07, 6.45) is 7.44. The maximum Gasteiger partial charge on any atom is 0.276 e. The van der Waals surface area contributed by atoms with Crippen LogP contribution in [0.2, 0.25) is 0 Å². The fraction of sp³-hybridized carbons (Fsp3) is 0.208. The zero-order valence-electron chi connectivity index (χ0n) is 19.7. The highest BCUT2D eigenvalue weighted by molar-refractivity contribution is 7.92. The van der Waals surface area contributed by atoms with Gasteiger partial charge in [0.25, 0.3) is 5.91 Å². The molecule has 2 aromatic heterocycles. The van der Waals surface area contributed by atoms with Crippen molar-refractivity contribution in [3.05, 3.63) is 65.8 Å². The van der Waals surface area contributed by atoms with Gasteiger partial charge in [-0.1, -0.05) is 6.07 Å². The van der Waals surface area contributed by atoms with Gasteiger partial charge in [0.05, 0.1) is 29.4 Å². The fourth-order valence-corrected chi connectivity index (χ4v) is 3.95. The van der Waals surface area contributed by atoms with E-state index in [9.17, 15) is 18.0 Å². The Hall–Kier alpha value is -4.32. The number of pyridine rings is 1. The molecule has 2 amide bonds. The molecule has 0 spiro atoms. The maximum atomic E-state index is 12.9. The van der Waals surface area contributed by atoms with Gasteiger partial charge in [0.2, 0.25) is 15.9 Å². The van der Waals surface area contributed by atoms with Crippen LogP contribution < -0.4 is 15.4 Å². The van der Waals surface area contributed by atoms with Gasteiger partial charge in [-0.3, -0.25) is 24.4 Å². The van der Waals surface area contributed by atoms with Gasteiger partial charge in [-0.05, 0) is 68.0 Å². The molecule has 4 N–H and O–H groups in total. The molecule has 1 fully saturated rings. The second kappa shape index (κ2) is 10.1. The van der Waals surface area contributed by atoms with Crippen LogP contribution in [0.3, 0.4) is 0 Å². The third-order valence-corrected chi connectivity index (χ3v) is 5.94. The maximum absolute atomic E-state index is 12.9. The quantitative estimate of drug-likeness (QED) is 0.257. The number of aromatic nitrogens is 3. The molecule has 0 atom stereocenters. The van der Waals surface area contributed by atoms with Gasteiger partial charge in [0.15, 0.2) is 5.69 Å². The minimum atomic E-state index is -3.45. The lowest BCUT2D eigenvalue weighted by molar-refractivity contribution is -0.121. The van der Waals surface area contributed by atoms with Crippen molar-refractivity contribution < 1.29 is 18.0 Å². The largest absolute Gasteiger partial charge is 0.324 e. The lowest BCUT2D eigenvalue weighted by Gasteiger charge is -2.08. The van der Waals surface area contributed by atoms with Crippen LogP contribution in [-0.4, -0.2) is 48.4 Å². The van der Waals surface area contributed by atoms with Crippen LogP contribution in [0.1, 0.15) is 35.8 Å². The number of rotatable bonds is 9. The zero-order valence-corrected chi connectivity index (χ0v) is 20.5. The van der Waals surface area contributed by atoms with Crippen LogP contribution in [0.4, 0.5) is 11.5 Å². The fourth-order valence-electron chi connectivity index (χ4n) is 3.45. The number of fused-ring (bicyclic) bond motifs is 1. The van der Waals surface area contributed by atoms with E-state index in [1.807, 2.05) is 25.1 Å². The van der Waals surface area contributed by atoms with E-state index in [1.165, 1.54) is 24.5 Å². The third kappa shape index (κ3) is 6.21. The van der Waals surface area contributed by atoms with Gasteiger partial charge in [-0.15, -0.1) is 0 Å². The number of benzene rings is 1. The summed E-state index contributed by atoms with van der Waals surface area (Å²) in [5.41, 5.74) is 3.43. The summed E-state index contributed by atoms with van der Waals surface area (Å²) in [5.74, 6) is -0.301. The number of carbonyl (C=O) groups is 2. The van der Waals surface area contributed by atoms with E-state index in [4.69, 9.17) is 0 Å². The smallest absolute Gasteiger partial charge is 0.276 e. The number of H-pyrrole nitrogens is 1. The first kappa shape index (κ1) is 24.8. The molecule has 2 heterocycles. The number of nitrogens with zero attached hydrogens (tertiary/aromatic N) is 3. The molecule has 4 rings (SSSR count). The average molecular weight is 508 g/mol. The Morgan fingerprint density at radius 2 is 2.00 bits per heavy atom. The molecule has 11 nitrogen and oxygen atoms in total. The van der Waals surface area contributed by atoms with Gasteiger partial charge in [0, 0.05) is 17.5 Å². The van der Waals surface area contributed by atoms with Crippen molar-refractivity contribution in [3.8, 4) is 0 Å². The number of carbonyl (C=O) groups excluding carboxylic acids is 2. The predicted molar refractivity (Wildman–Crippen MR) is 139 cm³/mol. The molecule has 12 heteroatoms. The highest BCUT2D eigenvalue weighted by atomic mass is 32.2. The molecule has 0 unspecified atom stereocenters. The van der Waals surface area contributed by atoms with Crippen LogP contribution in [0.5, 0.6) is 0 Å². The monoisotopic (exact) mass is 507 g/mol. The Balaban J connectivity index is 1.54. The number of sulfonamides is 1. The van der Waals surface area contributed by atoms with E-state index in [0.717, 1.165) is 30.2 Å². The van der Waals surface area contributed by atoms with Crippen molar-refractivity contribution in [2.45, 2.75) is 19.8 Å². The summed E-state index contributed by atoms with van der Waals surface area (Å²) in [6.45, 7) is 5.36. The summed E-state index contributed by atoms with van der Waals surface area (Å²) >= 11 is 0. The van der Waals surface area contributed by atoms with E-state index in [0.29, 0.717) is 22.3 Å². The molecule has 0 aliphatic heterocycles. The number of nitrogens with one attached hydrogen (secondary N) is 4. The molecule has 1 aliphatic carbocycles. The van der Waals surface area contributed by atoms with Gasteiger partial charge >= 0.3 is 0 Å². The third-order valence-electron chi connectivity index (χ3n) is 5.36. The SMILES string of the molecule is C=N/C=C(\C=C(/C)c1ccc2[nH]nc(C(=O)Nc3ccc(NS(C)(=O)=O)nc3)c2c1)NC(=O)C1CC1. The van der Waals surface area contributed by atoms with Gasteiger partial charge in [-0.25, -0.2) is 13.4 Å². The zero-order chi connectivity index (χ0) is 25.9. The number of hydrogen-bond acceptors (Lipinski definition) is 7. The highest BCUT2D eigenvalue weighted by Gasteiger charge is 2.29. The molecule has 1 aliphatic rings. The number of anilines is 2. The molecular weight excluding hydrogens is 482 g/mol. The topological polar surface area (TPSA) is 158 Å². The number of amides is 2.